The van der Waals surface area contributed by atoms with Crippen LogP contribution in [0.2, 0.25) is 0 Å². The van der Waals surface area contributed by atoms with Gasteiger partial charge in [0.05, 0.1) is 5.92 Å². The predicted molar refractivity (Wildman–Crippen MR) is 76.2 cm³/mol. The molecule has 2 saturated heterocycles. The lowest BCUT2D eigenvalue weighted by Gasteiger charge is -2.32. The minimum Gasteiger partial charge on any atom is -0.355 e. The van der Waals surface area contributed by atoms with Crippen molar-refractivity contribution in [1.82, 2.24) is 20.4 Å². The van der Waals surface area contributed by atoms with E-state index in [9.17, 15) is 9.59 Å². The monoisotopic (exact) mass is 283 g/mol. The molecule has 2 aliphatic heterocycles. The summed E-state index contributed by atoms with van der Waals surface area (Å²) in [7, 11) is 0. The number of piperidine rings is 1. The summed E-state index contributed by atoms with van der Waals surface area (Å²) in [4.78, 5) is 27.5. The fraction of sp³-hybridized carbons (Fsp3) is 0.846. The highest BCUT2D eigenvalue weighted by Gasteiger charge is 2.26. The Morgan fingerprint density at radius 1 is 1.40 bits per heavy atom. The molecule has 0 aromatic rings. The Morgan fingerprint density at radius 3 is 2.95 bits per heavy atom. The highest BCUT2D eigenvalue weighted by atomic mass is 16.2. The lowest BCUT2D eigenvalue weighted by atomic mass is 9.97. The van der Waals surface area contributed by atoms with Gasteiger partial charge in [-0.2, -0.15) is 0 Å². The Morgan fingerprint density at radius 2 is 2.25 bits per heavy atom. The normalized spacial score (nSPS) is 23.8. The van der Waals surface area contributed by atoms with E-state index in [-0.39, 0.29) is 17.9 Å². The molecule has 2 aliphatic rings. The number of rotatable bonds is 6. The first-order valence-corrected chi connectivity index (χ1v) is 7.43. The average molecular weight is 283 g/mol. The summed E-state index contributed by atoms with van der Waals surface area (Å²) in [6, 6.07) is 0.0271. The second kappa shape index (κ2) is 7.44. The van der Waals surface area contributed by atoms with Gasteiger partial charge in [-0.05, 0) is 19.4 Å². The van der Waals surface area contributed by atoms with Crippen LogP contribution in [0, 0.1) is 5.92 Å². The Bertz CT molecular complexity index is 350. The molecule has 114 valence electrons. The molecule has 1 unspecified atom stereocenters. The lowest BCUT2D eigenvalue weighted by Crippen LogP contribution is -2.46. The zero-order chi connectivity index (χ0) is 14.4. The van der Waals surface area contributed by atoms with E-state index in [0.29, 0.717) is 13.1 Å². The van der Waals surface area contributed by atoms with Crippen LogP contribution in [0.15, 0.2) is 0 Å². The van der Waals surface area contributed by atoms with E-state index < -0.39 is 0 Å². The maximum Gasteiger partial charge on any atom is 0.317 e. The molecule has 2 fully saturated rings. The molecule has 0 aromatic heterocycles. The third-order valence-corrected chi connectivity index (χ3v) is 3.95. The van der Waals surface area contributed by atoms with Crippen LogP contribution in [0.3, 0.4) is 0 Å². The first-order chi connectivity index (χ1) is 9.70. The molecule has 7 heteroatoms. The Kier molecular flexibility index (Phi) is 5.60. The topological polar surface area (TPSA) is 90.7 Å². The highest BCUT2D eigenvalue weighted by molar-refractivity contribution is 5.79. The molecule has 0 spiro atoms. The van der Waals surface area contributed by atoms with Gasteiger partial charge in [-0.25, -0.2) is 4.79 Å². The number of nitrogens with zero attached hydrogens (tertiary/aromatic N) is 2. The smallest absolute Gasteiger partial charge is 0.317 e. The van der Waals surface area contributed by atoms with Crippen LogP contribution in [0.5, 0.6) is 0 Å². The fourth-order valence-corrected chi connectivity index (χ4v) is 2.80. The molecule has 1 atom stereocenters. The second-order valence-corrected chi connectivity index (χ2v) is 5.44. The van der Waals surface area contributed by atoms with Gasteiger partial charge in [0.15, 0.2) is 0 Å². The van der Waals surface area contributed by atoms with E-state index in [2.05, 4.69) is 15.5 Å². The van der Waals surface area contributed by atoms with Gasteiger partial charge in [-0.3, -0.25) is 4.79 Å². The van der Waals surface area contributed by atoms with Gasteiger partial charge in [0.1, 0.15) is 0 Å². The van der Waals surface area contributed by atoms with E-state index in [4.69, 9.17) is 5.73 Å². The number of nitrogens with one attached hydrogen (secondary N) is 2. The van der Waals surface area contributed by atoms with Crippen molar-refractivity contribution >= 4 is 11.9 Å². The molecular weight excluding hydrogens is 258 g/mol. The third kappa shape index (κ3) is 4.08. The summed E-state index contributed by atoms with van der Waals surface area (Å²) in [5, 5.41) is 5.66. The molecule has 3 amide bonds. The van der Waals surface area contributed by atoms with E-state index in [1.54, 1.807) is 0 Å². The lowest BCUT2D eigenvalue weighted by molar-refractivity contribution is -0.126. The summed E-state index contributed by atoms with van der Waals surface area (Å²) in [6.07, 6.45) is 1.98. The Labute approximate surface area is 119 Å². The van der Waals surface area contributed by atoms with Crippen molar-refractivity contribution in [3.63, 3.8) is 0 Å². The number of hydrogen-bond acceptors (Lipinski definition) is 4. The minimum absolute atomic E-state index is 0.0271. The standard InChI is InChI=1S/C13H25N5O2/c14-3-4-15-12(19)11-2-1-6-17(10-11)8-9-18-7-5-16-13(18)20/h11H,1-10,14H2,(H,15,19)(H,16,20). The van der Waals surface area contributed by atoms with Crippen LogP contribution in [0.25, 0.3) is 0 Å². The Balaban J connectivity index is 1.72. The van der Waals surface area contributed by atoms with Gasteiger partial charge in [-0.1, -0.05) is 0 Å². The van der Waals surface area contributed by atoms with E-state index >= 15 is 0 Å². The quantitative estimate of drug-likeness (QED) is 0.571. The van der Waals surface area contributed by atoms with Gasteiger partial charge in [-0.15, -0.1) is 0 Å². The molecule has 4 N–H and O–H groups in total. The molecule has 0 aromatic carbocycles. The van der Waals surface area contributed by atoms with Crippen molar-refractivity contribution in [2.45, 2.75) is 12.8 Å². The zero-order valence-corrected chi connectivity index (χ0v) is 11.9. The number of likely N-dealkylation sites (tertiary alicyclic amines) is 1. The first-order valence-electron chi connectivity index (χ1n) is 7.43. The number of urea groups is 1. The third-order valence-electron chi connectivity index (χ3n) is 3.95. The number of carbonyl (C=O) groups excluding carboxylic acids is 2. The predicted octanol–water partition coefficient (Wildman–Crippen LogP) is -1.20. The molecule has 7 nitrogen and oxygen atoms in total. The van der Waals surface area contributed by atoms with Crippen molar-refractivity contribution in [3.05, 3.63) is 0 Å². The molecule has 2 heterocycles. The summed E-state index contributed by atoms with van der Waals surface area (Å²) in [5.74, 6) is 0.168. The van der Waals surface area contributed by atoms with Gasteiger partial charge in [0.2, 0.25) is 5.91 Å². The van der Waals surface area contributed by atoms with Gasteiger partial charge < -0.3 is 26.2 Å². The zero-order valence-electron chi connectivity index (χ0n) is 11.9. The van der Waals surface area contributed by atoms with Gasteiger partial charge in [0, 0.05) is 45.8 Å². The van der Waals surface area contributed by atoms with E-state index in [1.807, 2.05) is 4.90 Å². The highest BCUT2D eigenvalue weighted by Crippen LogP contribution is 2.16. The SMILES string of the molecule is NCCNC(=O)C1CCCN(CCN2CCNC2=O)C1. The first kappa shape index (κ1) is 15.1. The van der Waals surface area contributed by atoms with Crippen LogP contribution < -0.4 is 16.4 Å². The minimum atomic E-state index is 0.0271. The van der Waals surface area contributed by atoms with Crippen molar-refractivity contribution < 1.29 is 9.59 Å². The van der Waals surface area contributed by atoms with E-state index in [1.165, 1.54) is 0 Å². The largest absolute Gasteiger partial charge is 0.355 e. The van der Waals surface area contributed by atoms with E-state index in [0.717, 1.165) is 52.1 Å². The van der Waals surface area contributed by atoms with Crippen molar-refractivity contribution in [2.24, 2.45) is 11.7 Å². The number of hydrogen-bond donors (Lipinski definition) is 3. The van der Waals surface area contributed by atoms with Gasteiger partial charge >= 0.3 is 6.03 Å². The molecule has 0 saturated carbocycles. The number of nitrogens with two attached hydrogens (primary N) is 1. The van der Waals surface area contributed by atoms with Crippen molar-refractivity contribution in [1.29, 1.82) is 0 Å². The summed E-state index contributed by atoms with van der Waals surface area (Å²) in [5.41, 5.74) is 5.40. The van der Waals surface area contributed by atoms with Crippen LogP contribution in [0.4, 0.5) is 4.79 Å². The maximum atomic E-state index is 11.9. The van der Waals surface area contributed by atoms with Crippen LogP contribution >= 0.6 is 0 Å². The number of carbonyl (C=O) groups is 2. The summed E-state index contributed by atoms with van der Waals surface area (Å²) >= 11 is 0. The number of amides is 3. The molecule has 0 bridgehead atoms. The van der Waals surface area contributed by atoms with Crippen molar-refractivity contribution in [2.75, 3.05) is 52.4 Å². The summed E-state index contributed by atoms with van der Waals surface area (Å²) in [6.45, 7) is 5.92. The van der Waals surface area contributed by atoms with Gasteiger partial charge in [0.25, 0.3) is 0 Å². The fourth-order valence-electron chi connectivity index (χ4n) is 2.80. The second-order valence-electron chi connectivity index (χ2n) is 5.44. The average Bonchev–Trinajstić information content (AvgIpc) is 2.88. The molecule has 20 heavy (non-hydrogen) atoms. The summed E-state index contributed by atoms with van der Waals surface area (Å²) < 4.78 is 0. The molecule has 2 rings (SSSR count). The van der Waals surface area contributed by atoms with Crippen LogP contribution in [-0.4, -0.2) is 74.1 Å². The van der Waals surface area contributed by atoms with Crippen LogP contribution in [0.1, 0.15) is 12.8 Å². The van der Waals surface area contributed by atoms with Crippen LogP contribution in [-0.2, 0) is 4.79 Å². The molecule has 0 aliphatic carbocycles. The molecule has 0 radical (unpaired) electrons. The molecular formula is C13H25N5O2. The van der Waals surface area contributed by atoms with Crippen molar-refractivity contribution in [3.8, 4) is 0 Å². The Hall–Kier alpha value is -1.34. The maximum absolute atomic E-state index is 11.9.